The number of hydrogen-bond acceptors (Lipinski definition) is 2. The Kier molecular flexibility index (Phi) is 4.31. The first-order chi connectivity index (χ1) is 15.1. The predicted octanol–water partition coefficient (Wildman–Crippen LogP) is 6.93. The van der Waals surface area contributed by atoms with Gasteiger partial charge in [-0.2, -0.15) is 0 Å². The molecule has 4 fully saturated rings. The predicted molar refractivity (Wildman–Crippen MR) is 126 cm³/mol. The van der Waals surface area contributed by atoms with Gasteiger partial charge in [-0.25, -0.2) is 0 Å². The lowest BCUT2D eigenvalue weighted by atomic mass is 9.42. The monoisotopic (exact) mass is 407 g/mol. The van der Waals surface area contributed by atoms with Crippen molar-refractivity contribution in [2.24, 2.45) is 16.8 Å². The van der Waals surface area contributed by atoms with Gasteiger partial charge in [-0.3, -0.25) is 4.99 Å². The lowest BCUT2D eigenvalue weighted by Gasteiger charge is -2.62. The highest BCUT2D eigenvalue weighted by Crippen LogP contribution is 2.66. The number of hydrogen-bond donors (Lipinski definition) is 1. The average molecular weight is 408 g/mol. The first kappa shape index (κ1) is 18.9. The van der Waals surface area contributed by atoms with Crippen LogP contribution in [0.1, 0.15) is 55.2 Å². The summed E-state index contributed by atoms with van der Waals surface area (Å²) >= 11 is 0. The Morgan fingerprint density at radius 1 is 0.710 bits per heavy atom. The lowest BCUT2D eigenvalue weighted by molar-refractivity contribution is -0.0281. The van der Waals surface area contributed by atoms with Crippen LogP contribution in [0.15, 0.2) is 83.9 Å². The van der Waals surface area contributed by atoms with Gasteiger partial charge in [0, 0.05) is 6.21 Å². The van der Waals surface area contributed by atoms with Gasteiger partial charge >= 0.3 is 0 Å². The molecule has 4 bridgehead atoms. The molecule has 0 amide bonds. The lowest BCUT2D eigenvalue weighted by Crippen LogP contribution is -2.55. The van der Waals surface area contributed by atoms with Crippen molar-refractivity contribution in [1.29, 1.82) is 0 Å². The Morgan fingerprint density at radius 2 is 1.29 bits per heavy atom. The first-order valence-corrected chi connectivity index (χ1v) is 11.6. The van der Waals surface area contributed by atoms with Crippen LogP contribution in [0, 0.1) is 11.8 Å². The summed E-state index contributed by atoms with van der Waals surface area (Å²) in [5.74, 6) is 2.02. The number of rotatable bonds is 4. The first-order valence-electron chi connectivity index (χ1n) is 11.6. The van der Waals surface area contributed by atoms with Gasteiger partial charge < -0.3 is 5.11 Å². The van der Waals surface area contributed by atoms with Gasteiger partial charge in [0.1, 0.15) is 5.75 Å². The second kappa shape index (κ2) is 7.09. The molecule has 0 saturated heterocycles. The van der Waals surface area contributed by atoms with Crippen molar-refractivity contribution in [3.63, 3.8) is 0 Å². The Hall–Kier alpha value is -2.87. The molecule has 0 heterocycles. The van der Waals surface area contributed by atoms with Crippen molar-refractivity contribution in [2.45, 2.75) is 49.4 Å². The Bertz CT molecular complexity index is 1080. The molecule has 0 spiro atoms. The fraction of sp³-hybridized carbons (Fsp3) is 0.345. The van der Waals surface area contributed by atoms with Crippen LogP contribution in [0.25, 0.3) is 0 Å². The number of benzene rings is 3. The molecule has 4 saturated carbocycles. The highest BCUT2D eigenvalue weighted by molar-refractivity contribution is 5.82. The molecule has 156 valence electrons. The summed E-state index contributed by atoms with van der Waals surface area (Å²) < 4.78 is 0. The molecule has 0 radical (unpaired) electrons. The van der Waals surface area contributed by atoms with Crippen LogP contribution in [0.4, 0.5) is 5.69 Å². The normalized spacial score (nSPS) is 31.4. The van der Waals surface area contributed by atoms with Gasteiger partial charge in [0.15, 0.2) is 0 Å². The molecule has 2 heteroatoms. The number of aromatic hydroxyl groups is 1. The van der Waals surface area contributed by atoms with Gasteiger partial charge in [-0.15, -0.1) is 0 Å². The van der Waals surface area contributed by atoms with Crippen LogP contribution < -0.4 is 0 Å². The van der Waals surface area contributed by atoms with Crippen molar-refractivity contribution >= 4 is 11.9 Å². The van der Waals surface area contributed by atoms with Gasteiger partial charge in [0.25, 0.3) is 0 Å². The molecule has 2 atom stereocenters. The van der Waals surface area contributed by atoms with Crippen molar-refractivity contribution in [2.75, 3.05) is 0 Å². The summed E-state index contributed by atoms with van der Waals surface area (Å²) in [5, 5.41) is 9.44. The molecular formula is C29H29NO. The number of phenolic OH excluding ortho intramolecular Hbond substituents is 1. The average Bonchev–Trinajstić information content (AvgIpc) is 2.79. The van der Waals surface area contributed by atoms with E-state index in [0.717, 1.165) is 23.1 Å². The zero-order chi connectivity index (χ0) is 20.9. The molecule has 4 aliphatic rings. The summed E-state index contributed by atoms with van der Waals surface area (Å²) in [6.45, 7) is 0. The topological polar surface area (TPSA) is 32.6 Å². The summed E-state index contributed by atoms with van der Waals surface area (Å²) in [5.41, 5.74) is 5.78. The SMILES string of the molecule is Oc1ccc(C=Nc2ccc(C34CC5CC(CC(c6ccccc6)(C5)C3)C4)cc2)cc1. The number of phenols is 1. The number of nitrogens with zero attached hydrogens (tertiary/aromatic N) is 1. The molecule has 1 N–H and O–H groups in total. The molecule has 7 rings (SSSR count). The van der Waals surface area contributed by atoms with E-state index >= 15 is 0 Å². The minimum absolute atomic E-state index is 0.283. The van der Waals surface area contributed by atoms with E-state index in [1.807, 2.05) is 18.3 Å². The largest absolute Gasteiger partial charge is 0.508 e. The zero-order valence-corrected chi connectivity index (χ0v) is 17.9. The van der Waals surface area contributed by atoms with E-state index in [0.29, 0.717) is 10.8 Å². The van der Waals surface area contributed by atoms with Crippen molar-refractivity contribution < 1.29 is 5.11 Å². The minimum atomic E-state index is 0.283. The van der Waals surface area contributed by atoms with Crippen LogP contribution in [-0.2, 0) is 10.8 Å². The van der Waals surface area contributed by atoms with E-state index in [-0.39, 0.29) is 5.75 Å². The second-order valence-corrected chi connectivity index (χ2v) is 10.3. The van der Waals surface area contributed by atoms with Crippen LogP contribution in [0.2, 0.25) is 0 Å². The molecule has 4 aliphatic carbocycles. The zero-order valence-electron chi connectivity index (χ0n) is 17.9. The Morgan fingerprint density at radius 3 is 1.90 bits per heavy atom. The summed E-state index contributed by atoms with van der Waals surface area (Å²) in [6.07, 6.45) is 10.1. The summed E-state index contributed by atoms with van der Waals surface area (Å²) in [6, 6.07) is 27.5. The van der Waals surface area contributed by atoms with Gasteiger partial charge in [-0.05, 0) is 114 Å². The van der Waals surface area contributed by atoms with Crippen LogP contribution >= 0.6 is 0 Å². The molecule has 3 aromatic carbocycles. The Balaban J connectivity index is 1.29. The standard InChI is InChI=1S/C29H29NO/c31-27-12-6-21(7-13-27)19-30-26-10-8-25(9-11-26)29-17-22-14-23(18-29)16-28(15-22,20-29)24-4-2-1-3-5-24/h1-13,19,22-23,31H,14-18,20H2. The molecule has 31 heavy (non-hydrogen) atoms. The smallest absolute Gasteiger partial charge is 0.115 e. The van der Waals surface area contributed by atoms with Crippen LogP contribution in [-0.4, -0.2) is 11.3 Å². The molecule has 0 aliphatic heterocycles. The third-order valence-corrected chi connectivity index (χ3v) is 8.18. The van der Waals surface area contributed by atoms with E-state index in [1.165, 1.54) is 44.1 Å². The maximum atomic E-state index is 9.44. The molecule has 2 nitrogen and oxygen atoms in total. The van der Waals surface area contributed by atoms with Crippen LogP contribution in [0.3, 0.4) is 0 Å². The highest BCUT2D eigenvalue weighted by atomic mass is 16.3. The van der Waals surface area contributed by atoms with E-state index in [4.69, 9.17) is 0 Å². The van der Waals surface area contributed by atoms with Gasteiger partial charge in [-0.1, -0.05) is 42.5 Å². The van der Waals surface area contributed by atoms with E-state index in [9.17, 15) is 5.11 Å². The maximum Gasteiger partial charge on any atom is 0.115 e. The van der Waals surface area contributed by atoms with Crippen molar-refractivity contribution in [3.8, 4) is 5.75 Å². The van der Waals surface area contributed by atoms with Gasteiger partial charge in [0.2, 0.25) is 0 Å². The van der Waals surface area contributed by atoms with Crippen molar-refractivity contribution in [1.82, 2.24) is 0 Å². The van der Waals surface area contributed by atoms with Gasteiger partial charge in [0.05, 0.1) is 5.69 Å². The van der Waals surface area contributed by atoms with Crippen molar-refractivity contribution in [3.05, 3.63) is 95.6 Å². The summed E-state index contributed by atoms with van der Waals surface area (Å²) in [7, 11) is 0. The fourth-order valence-electron chi connectivity index (χ4n) is 7.34. The number of aliphatic imine (C=N–C) groups is 1. The van der Waals surface area contributed by atoms with E-state index in [2.05, 4.69) is 59.6 Å². The Labute approximate surface area is 184 Å². The fourth-order valence-corrected chi connectivity index (χ4v) is 7.34. The molecule has 3 aromatic rings. The third-order valence-electron chi connectivity index (χ3n) is 8.18. The van der Waals surface area contributed by atoms with E-state index < -0.39 is 0 Å². The molecule has 0 aromatic heterocycles. The highest BCUT2D eigenvalue weighted by Gasteiger charge is 2.58. The molecular weight excluding hydrogens is 378 g/mol. The molecule has 2 unspecified atom stereocenters. The second-order valence-electron chi connectivity index (χ2n) is 10.3. The van der Waals surface area contributed by atoms with Crippen LogP contribution in [0.5, 0.6) is 5.75 Å². The third kappa shape index (κ3) is 3.29. The quantitative estimate of drug-likeness (QED) is 0.467. The van der Waals surface area contributed by atoms with E-state index in [1.54, 1.807) is 17.7 Å². The summed E-state index contributed by atoms with van der Waals surface area (Å²) in [4.78, 5) is 4.65. The maximum absolute atomic E-state index is 9.44. The minimum Gasteiger partial charge on any atom is -0.508 e.